The maximum Gasteiger partial charge on any atom is 0.336 e. The monoisotopic (exact) mass is 428 g/mol. The number of nitrogens with one attached hydrogen (secondary N) is 1. The van der Waals surface area contributed by atoms with Crippen LogP contribution in [0.1, 0.15) is 42.9 Å². The first kappa shape index (κ1) is 20.3. The molecule has 1 aromatic carbocycles. The van der Waals surface area contributed by atoms with Gasteiger partial charge in [-0.2, -0.15) is 0 Å². The van der Waals surface area contributed by atoms with Crippen LogP contribution >= 0.6 is 0 Å². The number of carbonyl (C=O) groups is 1. The standard InChI is InChI=1S/C25H24N4O3/c1-15-12-17(14-27-22(15)18-6-4-5-11-25(18,32)24(30)31)19-10-9-16(13-26-19)23-28-20-7-2-3-8-21(20)29-23/h2-3,7-10,12-14,18,32H,4-6,11H2,1H3,(H,28,29)(H,30,31). The molecule has 0 bridgehead atoms. The molecule has 4 aromatic rings. The van der Waals surface area contributed by atoms with Crippen LogP contribution < -0.4 is 0 Å². The fourth-order valence-electron chi connectivity index (χ4n) is 4.66. The normalized spacial score (nSPS) is 21.0. The van der Waals surface area contributed by atoms with Gasteiger partial charge in [0.2, 0.25) is 0 Å². The van der Waals surface area contributed by atoms with Crippen LogP contribution in [0.15, 0.2) is 54.9 Å². The van der Waals surface area contributed by atoms with E-state index in [1.165, 1.54) is 0 Å². The molecule has 3 N–H and O–H groups in total. The van der Waals surface area contributed by atoms with Crippen molar-refractivity contribution >= 4 is 17.0 Å². The van der Waals surface area contributed by atoms with E-state index in [2.05, 4.69) is 19.9 Å². The predicted octanol–water partition coefficient (Wildman–Crippen LogP) is 4.47. The summed E-state index contributed by atoms with van der Waals surface area (Å²) in [6.45, 7) is 1.91. The smallest absolute Gasteiger partial charge is 0.336 e. The lowest BCUT2D eigenvalue weighted by atomic mass is 9.72. The lowest BCUT2D eigenvalue weighted by molar-refractivity contribution is -0.164. The van der Waals surface area contributed by atoms with Crippen LogP contribution in [-0.2, 0) is 4.79 Å². The Balaban J connectivity index is 1.43. The van der Waals surface area contributed by atoms with Crippen molar-refractivity contribution in [1.82, 2.24) is 19.9 Å². The zero-order chi connectivity index (χ0) is 22.3. The van der Waals surface area contributed by atoms with Gasteiger partial charge in [0.1, 0.15) is 5.82 Å². The lowest BCUT2D eigenvalue weighted by Crippen LogP contribution is -2.47. The molecule has 7 heteroatoms. The molecule has 0 amide bonds. The molecular weight excluding hydrogens is 404 g/mol. The number of H-pyrrole nitrogens is 1. The maximum atomic E-state index is 11.8. The lowest BCUT2D eigenvalue weighted by Gasteiger charge is -2.36. The Kier molecular flexibility index (Phi) is 4.98. The summed E-state index contributed by atoms with van der Waals surface area (Å²) >= 11 is 0. The largest absolute Gasteiger partial charge is 0.479 e. The summed E-state index contributed by atoms with van der Waals surface area (Å²) in [5, 5.41) is 20.4. The Bertz CT molecular complexity index is 1270. The topological polar surface area (TPSA) is 112 Å². The first-order valence-corrected chi connectivity index (χ1v) is 10.8. The van der Waals surface area contributed by atoms with Gasteiger partial charge in [0, 0.05) is 35.1 Å². The van der Waals surface area contributed by atoms with Crippen molar-refractivity contribution in [3.8, 4) is 22.6 Å². The molecule has 1 aliphatic rings. The van der Waals surface area contributed by atoms with E-state index >= 15 is 0 Å². The van der Waals surface area contributed by atoms with Gasteiger partial charge in [-0.15, -0.1) is 0 Å². The minimum absolute atomic E-state index is 0.251. The number of pyridine rings is 2. The number of aryl methyl sites for hydroxylation is 1. The number of para-hydroxylation sites is 2. The summed E-state index contributed by atoms with van der Waals surface area (Å²) in [6.07, 6.45) is 5.94. The summed E-state index contributed by atoms with van der Waals surface area (Å²) in [7, 11) is 0. The molecule has 7 nitrogen and oxygen atoms in total. The Hall–Kier alpha value is -3.58. The number of carboxylic acids is 1. The first-order valence-electron chi connectivity index (χ1n) is 10.8. The first-order chi connectivity index (χ1) is 15.5. The summed E-state index contributed by atoms with van der Waals surface area (Å²) in [6, 6.07) is 13.7. The summed E-state index contributed by atoms with van der Waals surface area (Å²) in [5.74, 6) is -0.915. The van der Waals surface area contributed by atoms with Gasteiger partial charge in [-0.05, 0) is 62.1 Å². The molecule has 2 unspecified atom stereocenters. The number of rotatable bonds is 4. The third-order valence-corrected chi connectivity index (χ3v) is 6.42. The molecule has 3 heterocycles. The molecule has 1 aliphatic carbocycles. The fourth-order valence-corrected chi connectivity index (χ4v) is 4.66. The highest BCUT2D eigenvalue weighted by Gasteiger charge is 2.47. The van der Waals surface area contributed by atoms with Gasteiger partial charge in [-0.1, -0.05) is 18.6 Å². The third kappa shape index (κ3) is 3.44. The molecule has 1 fully saturated rings. The van der Waals surface area contributed by atoms with Crippen molar-refractivity contribution in [2.75, 3.05) is 0 Å². The molecule has 2 atom stereocenters. The molecule has 162 valence electrons. The van der Waals surface area contributed by atoms with Crippen molar-refractivity contribution in [1.29, 1.82) is 0 Å². The van der Waals surface area contributed by atoms with Gasteiger partial charge >= 0.3 is 5.97 Å². The van der Waals surface area contributed by atoms with Crippen LogP contribution in [0.25, 0.3) is 33.7 Å². The van der Waals surface area contributed by atoms with E-state index in [1.807, 2.05) is 49.4 Å². The molecule has 32 heavy (non-hydrogen) atoms. The van der Waals surface area contributed by atoms with Gasteiger partial charge in [-0.3, -0.25) is 9.97 Å². The number of hydrogen-bond acceptors (Lipinski definition) is 5. The number of fused-ring (bicyclic) bond motifs is 1. The number of hydrogen-bond donors (Lipinski definition) is 3. The Morgan fingerprint density at radius 2 is 1.91 bits per heavy atom. The highest BCUT2D eigenvalue weighted by Crippen LogP contribution is 2.42. The molecule has 0 radical (unpaired) electrons. The number of aromatic nitrogens is 4. The molecule has 0 saturated heterocycles. The second-order valence-corrected chi connectivity index (χ2v) is 8.49. The third-order valence-electron chi connectivity index (χ3n) is 6.42. The van der Waals surface area contributed by atoms with Crippen LogP contribution in [-0.4, -0.2) is 41.7 Å². The maximum absolute atomic E-state index is 11.8. The highest BCUT2D eigenvalue weighted by molar-refractivity contribution is 5.80. The molecule has 1 saturated carbocycles. The van der Waals surface area contributed by atoms with E-state index in [-0.39, 0.29) is 6.42 Å². The number of carboxylic acid groups (broad SMARTS) is 1. The molecule has 5 rings (SSSR count). The van der Waals surface area contributed by atoms with Crippen molar-refractivity contribution in [2.24, 2.45) is 0 Å². The SMILES string of the molecule is Cc1cc(-c2ccc(-c3nc4ccccc4[nH]3)cn2)cnc1C1CCCCC1(O)C(=O)O. The zero-order valence-electron chi connectivity index (χ0n) is 17.7. The molecule has 0 aliphatic heterocycles. The van der Waals surface area contributed by atoms with Crippen molar-refractivity contribution in [3.05, 3.63) is 66.1 Å². The number of imidazole rings is 1. The Morgan fingerprint density at radius 3 is 2.62 bits per heavy atom. The Labute approximate surface area is 185 Å². The quantitative estimate of drug-likeness (QED) is 0.442. The number of aromatic amines is 1. The van der Waals surface area contributed by atoms with Crippen LogP contribution in [0.2, 0.25) is 0 Å². The number of aliphatic hydroxyl groups is 1. The second-order valence-electron chi connectivity index (χ2n) is 8.49. The zero-order valence-corrected chi connectivity index (χ0v) is 17.7. The van der Waals surface area contributed by atoms with Crippen molar-refractivity contribution in [3.63, 3.8) is 0 Å². The summed E-state index contributed by atoms with van der Waals surface area (Å²) in [4.78, 5) is 28.9. The number of aliphatic carboxylic acids is 1. The number of nitrogens with zero attached hydrogens (tertiary/aromatic N) is 3. The highest BCUT2D eigenvalue weighted by atomic mass is 16.4. The number of benzene rings is 1. The van der Waals surface area contributed by atoms with E-state index in [1.54, 1.807) is 12.4 Å². The van der Waals surface area contributed by atoms with Crippen LogP contribution in [0.3, 0.4) is 0 Å². The Morgan fingerprint density at radius 1 is 1.09 bits per heavy atom. The van der Waals surface area contributed by atoms with Crippen molar-refractivity contribution < 1.29 is 15.0 Å². The minimum Gasteiger partial charge on any atom is -0.479 e. The molecule has 0 spiro atoms. The van der Waals surface area contributed by atoms with Gasteiger partial charge in [0.05, 0.1) is 16.7 Å². The molecule has 3 aromatic heterocycles. The minimum atomic E-state index is -1.76. The van der Waals surface area contributed by atoms with E-state index in [4.69, 9.17) is 0 Å². The fraction of sp³-hybridized carbons (Fsp3) is 0.280. The van der Waals surface area contributed by atoms with Crippen LogP contribution in [0.5, 0.6) is 0 Å². The van der Waals surface area contributed by atoms with Gasteiger partial charge in [0.25, 0.3) is 0 Å². The average molecular weight is 428 g/mol. The summed E-state index contributed by atoms with van der Waals surface area (Å²) < 4.78 is 0. The van der Waals surface area contributed by atoms with E-state index in [0.717, 1.165) is 45.7 Å². The van der Waals surface area contributed by atoms with Crippen LogP contribution in [0.4, 0.5) is 0 Å². The van der Waals surface area contributed by atoms with E-state index < -0.39 is 17.5 Å². The second kappa shape index (κ2) is 7.84. The average Bonchev–Trinajstić information content (AvgIpc) is 3.24. The van der Waals surface area contributed by atoms with Gasteiger partial charge in [-0.25, -0.2) is 9.78 Å². The van der Waals surface area contributed by atoms with Gasteiger partial charge < -0.3 is 15.2 Å². The molecular formula is C25H24N4O3. The van der Waals surface area contributed by atoms with Gasteiger partial charge in [0.15, 0.2) is 5.60 Å². The summed E-state index contributed by atoms with van der Waals surface area (Å²) in [5.41, 5.74) is 4.14. The van der Waals surface area contributed by atoms with E-state index in [9.17, 15) is 15.0 Å². The predicted molar refractivity (Wildman–Crippen MR) is 121 cm³/mol. The van der Waals surface area contributed by atoms with Crippen molar-refractivity contribution in [2.45, 2.75) is 44.1 Å². The van der Waals surface area contributed by atoms with E-state index in [0.29, 0.717) is 18.5 Å². The van der Waals surface area contributed by atoms with Crippen LogP contribution in [0, 0.1) is 6.92 Å².